The molecule has 0 radical (unpaired) electrons. The Labute approximate surface area is 103 Å². The van der Waals surface area contributed by atoms with Gasteiger partial charge in [0, 0.05) is 0 Å². The number of hydrogen-bond donors (Lipinski definition) is 0. The minimum atomic E-state index is 0.326. The highest BCUT2D eigenvalue weighted by Crippen LogP contribution is 2.16. The Morgan fingerprint density at radius 1 is 1.29 bits per heavy atom. The van der Waals surface area contributed by atoms with Crippen molar-refractivity contribution < 1.29 is 9.47 Å². The number of epoxide rings is 1. The van der Waals surface area contributed by atoms with Gasteiger partial charge in [-0.15, -0.1) is 0 Å². The Kier molecular flexibility index (Phi) is 4.63. The molecule has 1 aromatic rings. The predicted octanol–water partition coefficient (Wildman–Crippen LogP) is 3.36. The van der Waals surface area contributed by atoms with Crippen LogP contribution < -0.4 is 4.74 Å². The standard InChI is InChI=1S/C15H20O2/c1-2-3-4-5-6-13-7-9-14(10-8-13)16-11-15-12-17-15/h4-5,7-10,15H,2-3,6,11-12H2,1H3/b5-4+. The van der Waals surface area contributed by atoms with E-state index < -0.39 is 0 Å². The fourth-order valence-electron chi connectivity index (χ4n) is 1.58. The summed E-state index contributed by atoms with van der Waals surface area (Å²) in [5.74, 6) is 0.932. The second-order valence-corrected chi connectivity index (χ2v) is 4.37. The fraction of sp³-hybridized carbons (Fsp3) is 0.467. The number of ether oxygens (including phenoxy) is 2. The number of allylic oxidation sites excluding steroid dienone is 2. The molecule has 1 heterocycles. The smallest absolute Gasteiger partial charge is 0.119 e. The first kappa shape index (κ1) is 12.2. The van der Waals surface area contributed by atoms with E-state index in [1.807, 2.05) is 12.1 Å². The van der Waals surface area contributed by atoms with Crippen molar-refractivity contribution in [2.24, 2.45) is 0 Å². The number of hydrogen-bond acceptors (Lipinski definition) is 2. The van der Waals surface area contributed by atoms with Gasteiger partial charge in [0.1, 0.15) is 18.5 Å². The van der Waals surface area contributed by atoms with Crippen molar-refractivity contribution in [3.8, 4) is 5.75 Å². The predicted molar refractivity (Wildman–Crippen MR) is 69.4 cm³/mol. The van der Waals surface area contributed by atoms with Gasteiger partial charge in [0.15, 0.2) is 0 Å². The average Bonchev–Trinajstić information content (AvgIpc) is 3.18. The molecular formula is C15H20O2. The zero-order valence-electron chi connectivity index (χ0n) is 10.4. The van der Waals surface area contributed by atoms with Crippen LogP contribution in [-0.2, 0) is 11.2 Å². The van der Waals surface area contributed by atoms with Crippen LogP contribution in [0.5, 0.6) is 5.75 Å². The van der Waals surface area contributed by atoms with Crippen molar-refractivity contribution in [2.75, 3.05) is 13.2 Å². The molecule has 1 aromatic carbocycles. The number of rotatable bonds is 7. The Morgan fingerprint density at radius 2 is 2.06 bits per heavy atom. The molecule has 1 fully saturated rings. The largest absolute Gasteiger partial charge is 0.491 e. The first-order chi connectivity index (χ1) is 8.38. The molecular weight excluding hydrogens is 212 g/mol. The van der Waals surface area contributed by atoms with Crippen LogP contribution in [-0.4, -0.2) is 19.3 Å². The van der Waals surface area contributed by atoms with Gasteiger partial charge in [-0.1, -0.05) is 37.6 Å². The van der Waals surface area contributed by atoms with E-state index >= 15 is 0 Å². The molecule has 1 atom stereocenters. The summed E-state index contributed by atoms with van der Waals surface area (Å²) in [5.41, 5.74) is 1.33. The van der Waals surface area contributed by atoms with Crippen molar-refractivity contribution in [1.29, 1.82) is 0 Å². The third-order valence-electron chi connectivity index (χ3n) is 2.74. The summed E-state index contributed by atoms with van der Waals surface area (Å²) in [6, 6.07) is 8.31. The van der Waals surface area contributed by atoms with E-state index in [1.165, 1.54) is 18.4 Å². The second-order valence-electron chi connectivity index (χ2n) is 4.37. The van der Waals surface area contributed by atoms with Gasteiger partial charge in [0.2, 0.25) is 0 Å². The lowest BCUT2D eigenvalue weighted by Gasteiger charge is -2.04. The molecule has 17 heavy (non-hydrogen) atoms. The molecule has 0 spiro atoms. The minimum absolute atomic E-state index is 0.326. The van der Waals surface area contributed by atoms with Gasteiger partial charge in [0.25, 0.3) is 0 Å². The molecule has 0 saturated carbocycles. The third-order valence-corrected chi connectivity index (χ3v) is 2.74. The number of benzene rings is 1. The molecule has 92 valence electrons. The molecule has 0 N–H and O–H groups in total. The van der Waals surface area contributed by atoms with Crippen LogP contribution in [0.3, 0.4) is 0 Å². The van der Waals surface area contributed by atoms with Gasteiger partial charge in [-0.05, 0) is 30.5 Å². The lowest BCUT2D eigenvalue weighted by Crippen LogP contribution is -2.03. The molecule has 1 saturated heterocycles. The van der Waals surface area contributed by atoms with Crippen LogP contribution >= 0.6 is 0 Å². The summed E-state index contributed by atoms with van der Waals surface area (Å²) in [4.78, 5) is 0. The molecule has 2 rings (SSSR count). The quantitative estimate of drug-likeness (QED) is 0.531. The summed E-state index contributed by atoms with van der Waals surface area (Å²) in [6.45, 7) is 3.72. The topological polar surface area (TPSA) is 21.8 Å². The SMILES string of the molecule is CCC/C=C/Cc1ccc(OCC2CO2)cc1. The van der Waals surface area contributed by atoms with E-state index in [1.54, 1.807) is 0 Å². The molecule has 2 heteroatoms. The Balaban J connectivity index is 1.75. The van der Waals surface area contributed by atoms with Crippen LogP contribution in [0.2, 0.25) is 0 Å². The van der Waals surface area contributed by atoms with Crippen molar-refractivity contribution in [3.05, 3.63) is 42.0 Å². The molecule has 2 nitrogen and oxygen atoms in total. The number of unbranched alkanes of at least 4 members (excludes halogenated alkanes) is 1. The highest BCUT2D eigenvalue weighted by Gasteiger charge is 2.22. The highest BCUT2D eigenvalue weighted by atomic mass is 16.6. The van der Waals surface area contributed by atoms with Crippen molar-refractivity contribution in [3.63, 3.8) is 0 Å². The lowest BCUT2D eigenvalue weighted by molar-refractivity contribution is 0.263. The normalized spacial score (nSPS) is 18.5. The van der Waals surface area contributed by atoms with Crippen LogP contribution in [0.15, 0.2) is 36.4 Å². The summed E-state index contributed by atoms with van der Waals surface area (Å²) in [5, 5.41) is 0. The van der Waals surface area contributed by atoms with Crippen LogP contribution in [0.1, 0.15) is 25.3 Å². The Hall–Kier alpha value is -1.28. The van der Waals surface area contributed by atoms with Crippen molar-refractivity contribution in [2.45, 2.75) is 32.3 Å². The molecule has 0 aliphatic carbocycles. The van der Waals surface area contributed by atoms with E-state index in [2.05, 4.69) is 31.2 Å². The van der Waals surface area contributed by atoms with Gasteiger partial charge >= 0.3 is 0 Å². The maximum absolute atomic E-state index is 5.58. The Morgan fingerprint density at radius 3 is 2.71 bits per heavy atom. The minimum Gasteiger partial charge on any atom is -0.491 e. The second kappa shape index (κ2) is 6.45. The van der Waals surface area contributed by atoms with E-state index in [9.17, 15) is 0 Å². The summed E-state index contributed by atoms with van der Waals surface area (Å²) >= 11 is 0. The molecule has 0 bridgehead atoms. The fourth-order valence-corrected chi connectivity index (χ4v) is 1.58. The summed E-state index contributed by atoms with van der Waals surface area (Å²) in [6.07, 6.45) is 8.19. The van der Waals surface area contributed by atoms with Crippen molar-refractivity contribution in [1.82, 2.24) is 0 Å². The van der Waals surface area contributed by atoms with Gasteiger partial charge in [0.05, 0.1) is 6.61 Å². The first-order valence-corrected chi connectivity index (χ1v) is 6.37. The van der Waals surface area contributed by atoms with Crippen LogP contribution in [0.25, 0.3) is 0 Å². The van der Waals surface area contributed by atoms with Crippen LogP contribution in [0, 0.1) is 0 Å². The van der Waals surface area contributed by atoms with E-state index in [0.717, 1.165) is 18.8 Å². The lowest BCUT2D eigenvalue weighted by atomic mass is 10.1. The van der Waals surface area contributed by atoms with E-state index in [-0.39, 0.29) is 0 Å². The molecule has 1 aliphatic rings. The summed E-state index contributed by atoms with van der Waals surface area (Å²) < 4.78 is 10.7. The zero-order valence-corrected chi connectivity index (χ0v) is 10.4. The third kappa shape index (κ3) is 4.61. The van der Waals surface area contributed by atoms with Crippen molar-refractivity contribution >= 4 is 0 Å². The van der Waals surface area contributed by atoms with E-state index in [0.29, 0.717) is 12.7 Å². The molecule has 0 aromatic heterocycles. The maximum Gasteiger partial charge on any atom is 0.119 e. The Bertz CT molecular complexity index is 350. The maximum atomic E-state index is 5.58. The monoisotopic (exact) mass is 232 g/mol. The molecule has 1 aliphatic heterocycles. The summed E-state index contributed by atoms with van der Waals surface area (Å²) in [7, 11) is 0. The average molecular weight is 232 g/mol. The van der Waals surface area contributed by atoms with Gasteiger partial charge in [-0.2, -0.15) is 0 Å². The molecule has 0 amide bonds. The van der Waals surface area contributed by atoms with Gasteiger partial charge in [-0.3, -0.25) is 0 Å². The van der Waals surface area contributed by atoms with E-state index in [4.69, 9.17) is 9.47 Å². The zero-order chi connectivity index (χ0) is 11.9. The van der Waals surface area contributed by atoms with Gasteiger partial charge < -0.3 is 9.47 Å². The van der Waals surface area contributed by atoms with Gasteiger partial charge in [-0.25, -0.2) is 0 Å². The van der Waals surface area contributed by atoms with Crippen LogP contribution in [0.4, 0.5) is 0 Å². The molecule has 1 unspecified atom stereocenters. The highest BCUT2D eigenvalue weighted by molar-refractivity contribution is 5.28. The first-order valence-electron chi connectivity index (χ1n) is 6.37.